The van der Waals surface area contributed by atoms with Gasteiger partial charge in [0.05, 0.1) is 6.61 Å². The Labute approximate surface area is 113 Å². The molecule has 1 unspecified atom stereocenters. The molecule has 2 heterocycles. The van der Waals surface area contributed by atoms with Crippen molar-refractivity contribution < 1.29 is 14.6 Å². The Bertz CT molecular complexity index is 463. The number of aliphatic hydroxyl groups excluding tert-OH is 1. The molecular formula is C15H21NO3. The number of ether oxygens (including phenoxy) is 2. The van der Waals surface area contributed by atoms with Crippen LogP contribution in [0.4, 0.5) is 0 Å². The number of piperidine rings is 1. The molecule has 4 heteroatoms. The molecule has 0 amide bonds. The van der Waals surface area contributed by atoms with Gasteiger partial charge in [-0.05, 0) is 44.1 Å². The summed E-state index contributed by atoms with van der Waals surface area (Å²) in [5.41, 5.74) is 0.994. The number of likely N-dealkylation sites (tertiary alicyclic amines) is 1. The summed E-state index contributed by atoms with van der Waals surface area (Å²) in [5, 5.41) is 9.92. The molecule has 104 valence electrons. The van der Waals surface area contributed by atoms with Crippen LogP contribution in [0.5, 0.6) is 11.5 Å². The van der Waals surface area contributed by atoms with Gasteiger partial charge in [0.15, 0.2) is 11.5 Å². The van der Waals surface area contributed by atoms with Crippen molar-refractivity contribution in [2.45, 2.75) is 18.3 Å². The molecule has 1 N–H and O–H groups in total. The van der Waals surface area contributed by atoms with Crippen LogP contribution in [0.2, 0.25) is 0 Å². The third kappa shape index (κ3) is 2.30. The number of hydrogen-bond donors (Lipinski definition) is 1. The van der Waals surface area contributed by atoms with Crippen molar-refractivity contribution in [1.82, 2.24) is 4.90 Å². The Kier molecular flexibility index (Phi) is 3.37. The zero-order valence-corrected chi connectivity index (χ0v) is 11.4. The second-order valence-corrected chi connectivity index (χ2v) is 5.64. The molecule has 3 rings (SSSR count). The Morgan fingerprint density at radius 1 is 1.26 bits per heavy atom. The first-order valence-electron chi connectivity index (χ1n) is 6.93. The first kappa shape index (κ1) is 12.8. The third-order valence-corrected chi connectivity index (χ3v) is 4.22. The fraction of sp³-hybridized carbons (Fsp3) is 0.600. The molecule has 1 saturated heterocycles. The van der Waals surface area contributed by atoms with Gasteiger partial charge >= 0.3 is 0 Å². The van der Waals surface area contributed by atoms with Crippen LogP contribution < -0.4 is 9.47 Å². The molecule has 0 bridgehead atoms. The van der Waals surface area contributed by atoms with Crippen LogP contribution in [0.25, 0.3) is 0 Å². The SMILES string of the molecule is CN1CCCC(CO)(c2ccc3c(c2)OCCO3)C1. The second-order valence-electron chi connectivity index (χ2n) is 5.64. The van der Waals surface area contributed by atoms with Gasteiger partial charge in [0.2, 0.25) is 0 Å². The lowest BCUT2D eigenvalue weighted by atomic mass is 9.75. The quantitative estimate of drug-likeness (QED) is 0.876. The van der Waals surface area contributed by atoms with E-state index in [4.69, 9.17) is 9.47 Å². The molecule has 1 aromatic rings. The number of hydrogen-bond acceptors (Lipinski definition) is 4. The van der Waals surface area contributed by atoms with E-state index in [1.165, 1.54) is 0 Å². The lowest BCUT2D eigenvalue weighted by Gasteiger charge is -2.41. The van der Waals surface area contributed by atoms with Gasteiger partial charge in [-0.2, -0.15) is 0 Å². The van der Waals surface area contributed by atoms with Crippen molar-refractivity contribution in [3.05, 3.63) is 23.8 Å². The second kappa shape index (κ2) is 5.02. The number of fused-ring (bicyclic) bond motifs is 1. The highest BCUT2D eigenvalue weighted by atomic mass is 16.6. The zero-order chi connectivity index (χ0) is 13.3. The minimum absolute atomic E-state index is 0.164. The number of rotatable bonds is 2. The van der Waals surface area contributed by atoms with Crippen LogP contribution >= 0.6 is 0 Å². The Hall–Kier alpha value is -1.26. The number of benzene rings is 1. The monoisotopic (exact) mass is 263 g/mol. The van der Waals surface area contributed by atoms with Gasteiger partial charge in [-0.15, -0.1) is 0 Å². The van der Waals surface area contributed by atoms with Crippen LogP contribution in [-0.2, 0) is 5.41 Å². The van der Waals surface area contributed by atoms with Crippen LogP contribution in [0.3, 0.4) is 0 Å². The number of likely N-dealkylation sites (N-methyl/N-ethyl adjacent to an activating group) is 1. The summed E-state index contributed by atoms with van der Waals surface area (Å²) >= 11 is 0. The van der Waals surface area contributed by atoms with Crippen molar-refractivity contribution in [3.63, 3.8) is 0 Å². The highest BCUT2D eigenvalue weighted by molar-refractivity contribution is 5.46. The predicted octanol–water partition coefficient (Wildman–Crippen LogP) is 1.41. The van der Waals surface area contributed by atoms with Crippen molar-refractivity contribution in [2.24, 2.45) is 0 Å². The van der Waals surface area contributed by atoms with Crippen LogP contribution in [0.15, 0.2) is 18.2 Å². The first-order chi connectivity index (χ1) is 9.23. The van der Waals surface area contributed by atoms with Gasteiger partial charge < -0.3 is 19.5 Å². The van der Waals surface area contributed by atoms with E-state index in [0.29, 0.717) is 13.2 Å². The summed E-state index contributed by atoms with van der Waals surface area (Å²) in [6.45, 7) is 3.38. The third-order valence-electron chi connectivity index (χ3n) is 4.22. The lowest BCUT2D eigenvalue weighted by molar-refractivity contribution is 0.104. The van der Waals surface area contributed by atoms with Crippen LogP contribution in [-0.4, -0.2) is 50.0 Å². The minimum Gasteiger partial charge on any atom is -0.486 e. The molecule has 0 saturated carbocycles. The molecular weight excluding hydrogens is 242 g/mol. The van der Waals surface area contributed by atoms with E-state index in [0.717, 1.165) is 43.0 Å². The molecule has 1 atom stereocenters. The number of aliphatic hydroxyl groups is 1. The zero-order valence-electron chi connectivity index (χ0n) is 11.4. The van der Waals surface area contributed by atoms with E-state index in [1.54, 1.807) is 0 Å². The molecule has 1 aromatic carbocycles. The summed E-state index contributed by atoms with van der Waals surface area (Å²) < 4.78 is 11.2. The van der Waals surface area contributed by atoms with E-state index < -0.39 is 0 Å². The van der Waals surface area contributed by atoms with Crippen molar-refractivity contribution in [3.8, 4) is 11.5 Å². The number of nitrogens with zero attached hydrogens (tertiary/aromatic N) is 1. The first-order valence-corrected chi connectivity index (χ1v) is 6.93. The summed E-state index contributed by atoms with van der Waals surface area (Å²) in [6, 6.07) is 6.09. The van der Waals surface area contributed by atoms with E-state index in [2.05, 4.69) is 18.0 Å². The average molecular weight is 263 g/mol. The molecule has 2 aliphatic rings. The lowest BCUT2D eigenvalue weighted by Crippen LogP contribution is -2.46. The summed E-state index contributed by atoms with van der Waals surface area (Å²) in [5.74, 6) is 1.62. The smallest absolute Gasteiger partial charge is 0.161 e. The predicted molar refractivity (Wildman–Crippen MR) is 72.9 cm³/mol. The Morgan fingerprint density at radius 3 is 2.79 bits per heavy atom. The minimum atomic E-state index is -0.164. The van der Waals surface area contributed by atoms with Crippen molar-refractivity contribution in [1.29, 1.82) is 0 Å². The molecule has 4 nitrogen and oxygen atoms in total. The summed E-state index contributed by atoms with van der Waals surface area (Å²) in [6.07, 6.45) is 2.14. The Morgan fingerprint density at radius 2 is 2.05 bits per heavy atom. The van der Waals surface area contributed by atoms with Crippen LogP contribution in [0.1, 0.15) is 18.4 Å². The normalized spacial score (nSPS) is 27.3. The maximum atomic E-state index is 9.92. The summed E-state index contributed by atoms with van der Waals surface area (Å²) in [7, 11) is 2.11. The fourth-order valence-corrected chi connectivity index (χ4v) is 3.19. The van der Waals surface area contributed by atoms with Gasteiger partial charge in [-0.3, -0.25) is 0 Å². The molecule has 1 fully saturated rings. The maximum absolute atomic E-state index is 9.92. The van der Waals surface area contributed by atoms with Crippen molar-refractivity contribution in [2.75, 3.05) is 40.0 Å². The van der Waals surface area contributed by atoms with Gasteiger partial charge in [0, 0.05) is 12.0 Å². The standard InChI is InChI=1S/C15H21NO3/c1-16-6-2-5-15(10-16,11-17)12-3-4-13-14(9-12)19-8-7-18-13/h3-4,9,17H,2,5-8,10-11H2,1H3. The molecule has 0 radical (unpaired) electrons. The molecule has 19 heavy (non-hydrogen) atoms. The van der Waals surface area contributed by atoms with E-state index in [9.17, 15) is 5.11 Å². The van der Waals surface area contributed by atoms with Gasteiger partial charge in [-0.25, -0.2) is 0 Å². The highest BCUT2D eigenvalue weighted by Gasteiger charge is 2.36. The van der Waals surface area contributed by atoms with E-state index in [-0.39, 0.29) is 12.0 Å². The van der Waals surface area contributed by atoms with Gasteiger partial charge in [0.25, 0.3) is 0 Å². The average Bonchev–Trinajstić information content (AvgIpc) is 2.46. The fourth-order valence-electron chi connectivity index (χ4n) is 3.19. The maximum Gasteiger partial charge on any atom is 0.161 e. The summed E-state index contributed by atoms with van der Waals surface area (Å²) in [4.78, 5) is 2.29. The van der Waals surface area contributed by atoms with E-state index >= 15 is 0 Å². The molecule has 2 aliphatic heterocycles. The van der Waals surface area contributed by atoms with Gasteiger partial charge in [0.1, 0.15) is 13.2 Å². The van der Waals surface area contributed by atoms with Gasteiger partial charge in [-0.1, -0.05) is 6.07 Å². The van der Waals surface area contributed by atoms with E-state index in [1.807, 2.05) is 12.1 Å². The topological polar surface area (TPSA) is 41.9 Å². The van der Waals surface area contributed by atoms with Crippen LogP contribution in [0, 0.1) is 0 Å². The van der Waals surface area contributed by atoms with Crippen molar-refractivity contribution >= 4 is 0 Å². The largest absolute Gasteiger partial charge is 0.486 e. The molecule has 0 aromatic heterocycles. The molecule has 0 aliphatic carbocycles. The Balaban J connectivity index is 1.94. The molecule has 0 spiro atoms. The highest BCUT2D eigenvalue weighted by Crippen LogP contribution is 2.39.